The Labute approximate surface area is 176 Å². The van der Waals surface area contributed by atoms with E-state index in [1.54, 1.807) is 36.4 Å². The number of aromatic amines is 2. The maximum absolute atomic E-state index is 10.5. The van der Waals surface area contributed by atoms with Gasteiger partial charge in [-0.2, -0.15) is 0 Å². The fourth-order valence-electron chi connectivity index (χ4n) is 2.23. The van der Waals surface area contributed by atoms with Crippen LogP contribution in [0, 0.1) is 0 Å². The Morgan fingerprint density at radius 1 is 0.778 bits per heavy atom. The number of benzene rings is 2. The Balaban J connectivity index is 0.000000187. The molecule has 8 nitrogen and oxygen atoms in total. The van der Waals surface area contributed by atoms with Gasteiger partial charge in [-0.1, -0.05) is 12.1 Å². The number of hydrogen-bond donors (Lipinski definition) is 4. The molecule has 0 amide bonds. The predicted octanol–water partition coefficient (Wildman–Crippen LogP) is 0.428. The van der Waals surface area contributed by atoms with Crippen LogP contribution >= 0.6 is 25.3 Å². The fourth-order valence-corrected chi connectivity index (χ4v) is 2.74. The van der Waals surface area contributed by atoms with Crippen molar-refractivity contribution >= 4 is 59.3 Å². The third-order valence-electron chi connectivity index (χ3n) is 3.37. The van der Waals surface area contributed by atoms with E-state index in [-0.39, 0.29) is 31.1 Å². The molecule has 2 N–H and O–H groups in total. The van der Waals surface area contributed by atoms with Gasteiger partial charge in [0.05, 0.1) is 11.0 Å². The quantitative estimate of drug-likeness (QED) is 0.257. The Morgan fingerprint density at radius 2 is 1.15 bits per heavy atom. The molecule has 0 aliphatic rings. The largest absolute Gasteiger partial charge is 2.00 e. The van der Waals surface area contributed by atoms with Crippen LogP contribution in [0.1, 0.15) is 21.2 Å². The van der Waals surface area contributed by atoms with Crippen molar-refractivity contribution in [3.8, 4) is 0 Å². The second-order valence-electron chi connectivity index (χ2n) is 5.09. The Hall–Kier alpha value is -2.36. The van der Waals surface area contributed by atoms with Gasteiger partial charge in [0.15, 0.2) is 11.6 Å². The van der Waals surface area contributed by atoms with E-state index in [1.807, 2.05) is 0 Å². The summed E-state index contributed by atoms with van der Waals surface area (Å²) in [4.78, 5) is 35.0. The molecule has 132 valence electrons. The van der Waals surface area contributed by atoms with Gasteiger partial charge in [0.2, 0.25) is 0 Å². The average molecular weight is 452 g/mol. The van der Waals surface area contributed by atoms with Crippen LogP contribution in [0.3, 0.4) is 0 Å². The van der Waals surface area contributed by atoms with Gasteiger partial charge in [-0.25, -0.2) is 9.97 Å². The number of para-hydroxylation sites is 2. The molecule has 0 fully saturated rings. The van der Waals surface area contributed by atoms with E-state index >= 15 is 0 Å². The van der Waals surface area contributed by atoms with E-state index in [1.165, 1.54) is 0 Å². The van der Waals surface area contributed by atoms with Crippen molar-refractivity contribution in [2.24, 2.45) is 0 Å². The van der Waals surface area contributed by atoms with Gasteiger partial charge in [0, 0.05) is 9.79 Å². The van der Waals surface area contributed by atoms with Crippen molar-refractivity contribution in [3.05, 3.63) is 48.0 Å². The van der Waals surface area contributed by atoms with Gasteiger partial charge in [-0.05, 0) is 24.3 Å². The number of hydrogen-bond acceptors (Lipinski definition) is 8. The molecule has 0 aliphatic carbocycles. The maximum atomic E-state index is 10.5. The second-order valence-corrected chi connectivity index (χ2v) is 6.06. The molecule has 0 atom stereocenters. The van der Waals surface area contributed by atoms with Crippen molar-refractivity contribution < 1.29 is 39.3 Å². The molecule has 0 unspecified atom stereocenters. The first kappa shape index (κ1) is 20.9. The first-order valence-electron chi connectivity index (χ1n) is 7.15. The topological polar surface area (TPSA) is 138 Å². The summed E-state index contributed by atoms with van der Waals surface area (Å²) in [7, 11) is 0. The fraction of sp³-hybridized carbons (Fsp3) is 0. The maximum Gasteiger partial charge on any atom is 2.00 e. The summed E-state index contributed by atoms with van der Waals surface area (Å²) in [5.41, 5.74) is 2.38. The van der Waals surface area contributed by atoms with Crippen LogP contribution in [0.4, 0.5) is 0 Å². The molecule has 4 rings (SSSR count). The number of rotatable bonds is 2. The normalized spacial score (nSPS) is 10.1. The van der Waals surface area contributed by atoms with Crippen LogP contribution in [0.5, 0.6) is 0 Å². The van der Waals surface area contributed by atoms with Crippen molar-refractivity contribution in [3.63, 3.8) is 0 Å². The molecule has 0 radical (unpaired) electrons. The minimum atomic E-state index is -1.32. The van der Waals surface area contributed by atoms with Crippen molar-refractivity contribution in [1.29, 1.82) is 0 Å². The summed E-state index contributed by atoms with van der Waals surface area (Å²) in [6, 6.07) is 10.5. The van der Waals surface area contributed by atoms with Crippen molar-refractivity contribution in [1.82, 2.24) is 19.9 Å². The predicted molar refractivity (Wildman–Crippen MR) is 95.4 cm³/mol. The van der Waals surface area contributed by atoms with E-state index in [4.69, 9.17) is 0 Å². The van der Waals surface area contributed by atoms with Gasteiger partial charge in [-0.15, -0.1) is 25.3 Å². The number of carbonyl (C=O) groups is 2. The Kier molecular flexibility index (Phi) is 6.64. The molecular formula is C16H10N4O4S2Zn. The molecule has 0 spiro atoms. The third kappa shape index (κ3) is 4.49. The van der Waals surface area contributed by atoms with E-state index in [0.29, 0.717) is 31.9 Å². The number of carboxylic acids is 2. The smallest absolute Gasteiger partial charge is 0.542 e. The summed E-state index contributed by atoms with van der Waals surface area (Å²) < 4.78 is 0. The van der Waals surface area contributed by atoms with Gasteiger partial charge >= 0.3 is 19.5 Å². The Bertz CT molecular complexity index is 1050. The van der Waals surface area contributed by atoms with Crippen LogP contribution in [0.25, 0.3) is 22.1 Å². The summed E-state index contributed by atoms with van der Waals surface area (Å²) in [5, 5.41) is 20.9. The molecule has 2 aromatic heterocycles. The molecule has 27 heavy (non-hydrogen) atoms. The zero-order valence-electron chi connectivity index (χ0n) is 13.6. The summed E-state index contributed by atoms with van der Waals surface area (Å²) in [6.07, 6.45) is 0. The van der Waals surface area contributed by atoms with Gasteiger partial charge in [0.1, 0.15) is 23.0 Å². The number of H-pyrrole nitrogens is 2. The van der Waals surface area contributed by atoms with E-state index < -0.39 is 11.9 Å². The number of aromatic nitrogens is 4. The molecule has 2 heterocycles. The zero-order chi connectivity index (χ0) is 18.8. The van der Waals surface area contributed by atoms with E-state index in [0.717, 1.165) is 0 Å². The molecule has 2 aromatic carbocycles. The summed E-state index contributed by atoms with van der Waals surface area (Å²) >= 11 is 8.27. The standard InChI is InChI=1S/2C8H6N2O2S.Zn/c2*11-8(12)7-9-4-2-1-3-5(13)6(4)10-7;/h2*1-3,13H,(H,9,10)(H,11,12);/q;;+2/p-2. The van der Waals surface area contributed by atoms with Crippen LogP contribution in [0.2, 0.25) is 0 Å². The summed E-state index contributed by atoms with van der Waals surface area (Å²) in [6.45, 7) is 0. The minimum Gasteiger partial charge on any atom is -0.542 e. The Morgan fingerprint density at radius 3 is 1.44 bits per heavy atom. The number of nitrogens with zero attached hydrogens (tertiary/aromatic N) is 2. The first-order valence-corrected chi connectivity index (χ1v) is 8.04. The SMILES string of the molecule is O=C([O-])c1nc2c(S)cccc2[nH]1.O=C([O-])c1nc2c(S)cccc2[nH]1.[Zn+2]. The number of carboxylic acid groups (broad SMARTS) is 2. The summed E-state index contributed by atoms with van der Waals surface area (Å²) in [5.74, 6) is -2.97. The van der Waals surface area contributed by atoms with Crippen LogP contribution in [-0.4, -0.2) is 31.9 Å². The minimum absolute atomic E-state index is 0. The molecule has 0 aliphatic heterocycles. The monoisotopic (exact) mass is 450 g/mol. The third-order valence-corrected chi connectivity index (χ3v) is 4.09. The number of fused-ring (bicyclic) bond motifs is 2. The first-order chi connectivity index (χ1) is 12.4. The van der Waals surface area contributed by atoms with Crippen molar-refractivity contribution in [2.45, 2.75) is 9.79 Å². The number of carbonyl (C=O) groups excluding carboxylic acids is 2. The van der Waals surface area contributed by atoms with Crippen LogP contribution < -0.4 is 10.2 Å². The van der Waals surface area contributed by atoms with E-state index in [2.05, 4.69) is 45.2 Å². The van der Waals surface area contributed by atoms with Crippen LogP contribution in [-0.2, 0) is 19.5 Å². The molecule has 4 aromatic rings. The average Bonchev–Trinajstić information content (AvgIpc) is 3.21. The molecule has 0 bridgehead atoms. The number of thiol groups is 2. The van der Waals surface area contributed by atoms with Crippen LogP contribution in [0.15, 0.2) is 46.2 Å². The van der Waals surface area contributed by atoms with Gasteiger partial charge in [0.25, 0.3) is 0 Å². The number of nitrogens with one attached hydrogen (secondary N) is 2. The van der Waals surface area contributed by atoms with Gasteiger partial charge in [-0.3, -0.25) is 0 Å². The number of aromatic carboxylic acids is 2. The molecule has 0 saturated carbocycles. The van der Waals surface area contributed by atoms with Crippen molar-refractivity contribution in [2.75, 3.05) is 0 Å². The van der Waals surface area contributed by atoms with E-state index in [9.17, 15) is 19.8 Å². The second kappa shape index (κ2) is 8.55. The molecule has 0 saturated heterocycles. The zero-order valence-corrected chi connectivity index (χ0v) is 18.3. The molecule has 11 heteroatoms. The number of imidazole rings is 2. The van der Waals surface area contributed by atoms with Gasteiger partial charge < -0.3 is 29.8 Å². The molecular weight excluding hydrogens is 442 g/mol.